The minimum Gasteiger partial charge on any atom is -0.484 e. The van der Waals surface area contributed by atoms with Crippen molar-refractivity contribution in [1.29, 1.82) is 0 Å². The summed E-state index contributed by atoms with van der Waals surface area (Å²) in [6.45, 7) is 1.27. The molecule has 0 radical (unpaired) electrons. The minimum atomic E-state index is -0.325. The number of rotatable bonds is 5. The maximum atomic E-state index is 12.9. The quantitative estimate of drug-likeness (QED) is 0.683. The van der Waals surface area contributed by atoms with Gasteiger partial charge in [-0.3, -0.25) is 9.48 Å². The molecule has 1 saturated heterocycles. The molecule has 1 atom stereocenters. The molecule has 140 valence electrons. The highest BCUT2D eigenvalue weighted by atomic mass is 19.1. The van der Waals surface area contributed by atoms with E-state index in [1.54, 1.807) is 29.0 Å². The third-order valence-corrected chi connectivity index (χ3v) is 4.45. The molecule has 0 spiro atoms. The number of carbonyl (C=O) groups is 1. The van der Waals surface area contributed by atoms with E-state index in [0.717, 1.165) is 6.42 Å². The van der Waals surface area contributed by atoms with Crippen molar-refractivity contribution in [3.63, 3.8) is 0 Å². The number of hydrogen-bond acceptors (Lipinski definition) is 6. The standard InChI is InChI=1S/C18H18FN5O3/c1-23-9-13(8-20-23)18(25)24-7-6-12(10-24)17-21-16(27-22-17)11-26-15-4-2-14(19)3-5-15/h2-5,8-9,12H,6-7,10-11H2,1H3. The van der Waals surface area contributed by atoms with Crippen LogP contribution < -0.4 is 4.74 Å². The van der Waals surface area contributed by atoms with E-state index in [1.165, 1.54) is 24.3 Å². The van der Waals surface area contributed by atoms with E-state index < -0.39 is 0 Å². The number of halogens is 1. The Morgan fingerprint density at radius 3 is 2.93 bits per heavy atom. The molecular weight excluding hydrogens is 353 g/mol. The van der Waals surface area contributed by atoms with Gasteiger partial charge in [0.2, 0.25) is 0 Å². The Morgan fingerprint density at radius 1 is 1.37 bits per heavy atom. The SMILES string of the molecule is Cn1cc(C(=O)N2CCC(c3noc(COc4ccc(F)cc4)n3)C2)cn1. The predicted molar refractivity (Wildman–Crippen MR) is 91.5 cm³/mol. The van der Waals surface area contributed by atoms with Crippen LogP contribution in [0.25, 0.3) is 0 Å². The second-order valence-electron chi connectivity index (χ2n) is 6.43. The van der Waals surface area contributed by atoms with Crippen LogP contribution in [0.4, 0.5) is 4.39 Å². The van der Waals surface area contributed by atoms with E-state index in [1.807, 2.05) is 0 Å². The predicted octanol–water partition coefficient (Wildman–Crippen LogP) is 2.15. The molecule has 1 aromatic carbocycles. The van der Waals surface area contributed by atoms with Crippen molar-refractivity contribution < 1.29 is 18.4 Å². The second-order valence-corrected chi connectivity index (χ2v) is 6.43. The van der Waals surface area contributed by atoms with Crippen LogP contribution >= 0.6 is 0 Å². The van der Waals surface area contributed by atoms with E-state index in [2.05, 4.69) is 15.2 Å². The zero-order valence-corrected chi connectivity index (χ0v) is 14.7. The molecule has 9 heteroatoms. The summed E-state index contributed by atoms with van der Waals surface area (Å²) < 4.78 is 25.2. The van der Waals surface area contributed by atoms with Gasteiger partial charge in [-0.1, -0.05) is 5.16 Å². The molecule has 3 aromatic rings. The van der Waals surface area contributed by atoms with E-state index in [4.69, 9.17) is 9.26 Å². The lowest BCUT2D eigenvalue weighted by molar-refractivity contribution is 0.0790. The second kappa shape index (κ2) is 7.18. The first kappa shape index (κ1) is 17.2. The molecule has 3 heterocycles. The molecule has 2 aromatic heterocycles. The Balaban J connectivity index is 1.34. The van der Waals surface area contributed by atoms with Crippen LogP contribution in [0.15, 0.2) is 41.2 Å². The van der Waals surface area contributed by atoms with Gasteiger partial charge in [0.1, 0.15) is 11.6 Å². The number of likely N-dealkylation sites (tertiary alicyclic amines) is 1. The average Bonchev–Trinajstić information content (AvgIpc) is 3.41. The molecule has 0 aliphatic carbocycles. The fourth-order valence-electron chi connectivity index (χ4n) is 3.04. The van der Waals surface area contributed by atoms with Gasteiger partial charge in [0, 0.05) is 32.3 Å². The lowest BCUT2D eigenvalue weighted by Crippen LogP contribution is -2.28. The third-order valence-electron chi connectivity index (χ3n) is 4.45. The van der Waals surface area contributed by atoms with Crippen LogP contribution in [-0.2, 0) is 13.7 Å². The molecule has 1 aliphatic rings. The highest BCUT2D eigenvalue weighted by Gasteiger charge is 2.31. The summed E-state index contributed by atoms with van der Waals surface area (Å²) in [6.07, 6.45) is 4.04. The number of aryl methyl sites for hydroxylation is 1. The van der Waals surface area contributed by atoms with E-state index in [9.17, 15) is 9.18 Å². The minimum absolute atomic E-state index is 0.0222. The normalized spacial score (nSPS) is 16.7. The van der Waals surface area contributed by atoms with Gasteiger partial charge in [-0.05, 0) is 30.7 Å². The van der Waals surface area contributed by atoms with Gasteiger partial charge < -0.3 is 14.2 Å². The maximum Gasteiger partial charge on any atom is 0.264 e. The molecule has 8 nitrogen and oxygen atoms in total. The number of hydrogen-bond donors (Lipinski definition) is 0. The Hall–Kier alpha value is -3.23. The monoisotopic (exact) mass is 371 g/mol. The van der Waals surface area contributed by atoms with Crippen molar-refractivity contribution in [3.8, 4) is 5.75 Å². The number of amides is 1. The third kappa shape index (κ3) is 3.81. The molecule has 1 amide bonds. The van der Waals surface area contributed by atoms with Crippen molar-refractivity contribution in [1.82, 2.24) is 24.8 Å². The first-order chi connectivity index (χ1) is 13.1. The molecule has 0 saturated carbocycles. The fraction of sp³-hybridized carbons (Fsp3) is 0.333. The summed E-state index contributed by atoms with van der Waals surface area (Å²) in [5.41, 5.74) is 0.569. The van der Waals surface area contributed by atoms with Crippen LogP contribution in [0.3, 0.4) is 0 Å². The lowest BCUT2D eigenvalue weighted by atomic mass is 10.1. The van der Waals surface area contributed by atoms with E-state index in [-0.39, 0.29) is 24.2 Å². The van der Waals surface area contributed by atoms with Gasteiger partial charge in [0.15, 0.2) is 12.4 Å². The first-order valence-corrected chi connectivity index (χ1v) is 8.57. The summed E-state index contributed by atoms with van der Waals surface area (Å²) in [6, 6.07) is 5.71. The van der Waals surface area contributed by atoms with Crippen LogP contribution in [0.1, 0.15) is 34.4 Å². The number of benzene rings is 1. The molecule has 1 unspecified atom stereocenters. The van der Waals surface area contributed by atoms with Gasteiger partial charge in [0.05, 0.1) is 11.8 Å². The molecule has 1 aliphatic heterocycles. The zero-order chi connectivity index (χ0) is 18.8. The molecule has 27 heavy (non-hydrogen) atoms. The summed E-state index contributed by atoms with van der Waals surface area (Å²) in [5.74, 6) is 1.07. The number of ether oxygens (including phenoxy) is 1. The molecule has 0 bridgehead atoms. The largest absolute Gasteiger partial charge is 0.484 e. The Kier molecular flexibility index (Phi) is 4.57. The Bertz CT molecular complexity index is 937. The summed E-state index contributed by atoms with van der Waals surface area (Å²) in [7, 11) is 1.78. The highest BCUT2D eigenvalue weighted by Crippen LogP contribution is 2.26. The fourth-order valence-corrected chi connectivity index (χ4v) is 3.04. The van der Waals surface area contributed by atoms with Crippen LogP contribution in [-0.4, -0.2) is 43.8 Å². The van der Waals surface area contributed by atoms with Gasteiger partial charge >= 0.3 is 0 Å². The summed E-state index contributed by atoms with van der Waals surface area (Å²) in [4.78, 5) is 18.6. The lowest BCUT2D eigenvalue weighted by Gasteiger charge is -2.14. The molecule has 4 rings (SSSR count). The first-order valence-electron chi connectivity index (χ1n) is 8.57. The van der Waals surface area contributed by atoms with Crippen molar-refractivity contribution in [2.24, 2.45) is 7.05 Å². The topological polar surface area (TPSA) is 86.3 Å². The van der Waals surface area contributed by atoms with Gasteiger partial charge in [-0.25, -0.2) is 4.39 Å². The maximum absolute atomic E-state index is 12.9. The van der Waals surface area contributed by atoms with Crippen molar-refractivity contribution in [2.75, 3.05) is 13.1 Å². The Morgan fingerprint density at radius 2 is 2.19 bits per heavy atom. The molecular formula is C18H18FN5O3. The summed E-state index contributed by atoms with van der Waals surface area (Å²) >= 11 is 0. The van der Waals surface area contributed by atoms with Crippen LogP contribution in [0, 0.1) is 5.82 Å². The number of nitrogens with zero attached hydrogens (tertiary/aromatic N) is 5. The highest BCUT2D eigenvalue weighted by molar-refractivity contribution is 5.93. The van der Waals surface area contributed by atoms with Gasteiger partial charge in [0.25, 0.3) is 11.8 Å². The smallest absolute Gasteiger partial charge is 0.264 e. The van der Waals surface area contributed by atoms with Crippen molar-refractivity contribution >= 4 is 5.91 Å². The van der Waals surface area contributed by atoms with Gasteiger partial charge in [-0.2, -0.15) is 10.1 Å². The zero-order valence-electron chi connectivity index (χ0n) is 14.7. The average molecular weight is 371 g/mol. The van der Waals surface area contributed by atoms with E-state index in [0.29, 0.717) is 36.1 Å². The van der Waals surface area contributed by atoms with Crippen LogP contribution in [0.5, 0.6) is 5.75 Å². The van der Waals surface area contributed by atoms with Crippen molar-refractivity contribution in [3.05, 3.63) is 59.8 Å². The number of aromatic nitrogens is 4. The number of carbonyl (C=O) groups excluding carboxylic acids is 1. The van der Waals surface area contributed by atoms with Gasteiger partial charge in [-0.15, -0.1) is 0 Å². The molecule has 1 fully saturated rings. The summed E-state index contributed by atoms with van der Waals surface area (Å²) in [5, 5.41) is 8.05. The van der Waals surface area contributed by atoms with Crippen molar-refractivity contribution in [2.45, 2.75) is 18.9 Å². The van der Waals surface area contributed by atoms with E-state index >= 15 is 0 Å². The van der Waals surface area contributed by atoms with Crippen LogP contribution in [0.2, 0.25) is 0 Å². The molecule has 0 N–H and O–H groups in total. The Labute approximate surface area is 154 Å².